The summed E-state index contributed by atoms with van der Waals surface area (Å²) < 4.78 is 0. The molecule has 2 N–H and O–H groups in total. The van der Waals surface area contributed by atoms with E-state index in [1.54, 1.807) is 0 Å². The van der Waals surface area contributed by atoms with Crippen molar-refractivity contribution in [3.05, 3.63) is 29.6 Å². The van der Waals surface area contributed by atoms with Gasteiger partial charge in [-0.1, -0.05) is 26.8 Å². The van der Waals surface area contributed by atoms with Crippen LogP contribution in [0.1, 0.15) is 32.2 Å². The van der Waals surface area contributed by atoms with Crippen LogP contribution in [0.25, 0.3) is 11.0 Å². The van der Waals surface area contributed by atoms with Crippen LogP contribution in [0, 0.1) is 0 Å². The minimum absolute atomic E-state index is 0.533. The molecule has 0 aliphatic rings. The Labute approximate surface area is 103 Å². The van der Waals surface area contributed by atoms with Gasteiger partial charge in [-0.05, 0) is 24.1 Å². The first kappa shape index (κ1) is 12.1. The van der Waals surface area contributed by atoms with E-state index in [1.807, 2.05) is 0 Å². The molecular weight excluding hydrogens is 210 g/mol. The molecule has 0 saturated carbocycles. The fraction of sp³-hybridized carbons (Fsp3) is 0.500. The van der Waals surface area contributed by atoms with Gasteiger partial charge in [0, 0.05) is 19.0 Å². The molecule has 0 atom stereocenters. The molecule has 2 rings (SSSR count). The molecule has 3 heteroatoms. The Kier molecular flexibility index (Phi) is 3.79. The van der Waals surface area contributed by atoms with E-state index < -0.39 is 0 Å². The lowest BCUT2D eigenvalue weighted by Gasteiger charge is -2.05. The lowest BCUT2D eigenvalue weighted by atomic mass is 10.1. The highest BCUT2D eigenvalue weighted by atomic mass is 14.9. The van der Waals surface area contributed by atoms with Gasteiger partial charge in [-0.15, -0.1) is 0 Å². The van der Waals surface area contributed by atoms with E-state index in [0.717, 1.165) is 36.2 Å². The number of aromatic amines is 1. The second kappa shape index (κ2) is 5.32. The molecule has 17 heavy (non-hydrogen) atoms. The number of hydrogen-bond donors (Lipinski definition) is 2. The molecule has 0 aliphatic heterocycles. The van der Waals surface area contributed by atoms with Crippen LogP contribution in [0.4, 0.5) is 0 Å². The van der Waals surface area contributed by atoms with Gasteiger partial charge in [-0.2, -0.15) is 0 Å². The zero-order valence-electron chi connectivity index (χ0n) is 10.9. The van der Waals surface area contributed by atoms with Gasteiger partial charge >= 0.3 is 0 Å². The Morgan fingerprint density at radius 2 is 2.18 bits per heavy atom. The van der Waals surface area contributed by atoms with Crippen molar-refractivity contribution >= 4 is 11.0 Å². The number of hydrogen-bond acceptors (Lipinski definition) is 2. The summed E-state index contributed by atoms with van der Waals surface area (Å²) in [5.74, 6) is 1.07. The third-order valence-electron chi connectivity index (χ3n) is 2.92. The number of rotatable bonds is 5. The van der Waals surface area contributed by atoms with Crippen molar-refractivity contribution in [2.45, 2.75) is 39.7 Å². The van der Waals surface area contributed by atoms with E-state index >= 15 is 0 Å². The molecule has 0 amide bonds. The second-order valence-electron chi connectivity index (χ2n) is 4.75. The van der Waals surface area contributed by atoms with Crippen LogP contribution in [0.15, 0.2) is 18.2 Å². The minimum Gasteiger partial charge on any atom is -0.342 e. The Balaban J connectivity index is 2.09. The van der Waals surface area contributed by atoms with Crippen molar-refractivity contribution in [1.82, 2.24) is 15.3 Å². The molecule has 92 valence electrons. The minimum atomic E-state index is 0.533. The summed E-state index contributed by atoms with van der Waals surface area (Å²) in [7, 11) is 0. The summed E-state index contributed by atoms with van der Waals surface area (Å²) in [6.45, 7) is 7.46. The number of H-pyrrole nitrogens is 1. The van der Waals surface area contributed by atoms with Gasteiger partial charge in [0.1, 0.15) is 5.82 Å². The molecule has 1 heterocycles. The smallest absolute Gasteiger partial charge is 0.108 e. The number of aromatic nitrogens is 2. The van der Waals surface area contributed by atoms with Crippen molar-refractivity contribution < 1.29 is 0 Å². The van der Waals surface area contributed by atoms with E-state index in [0.29, 0.717) is 6.04 Å². The monoisotopic (exact) mass is 231 g/mol. The first-order chi connectivity index (χ1) is 8.19. The van der Waals surface area contributed by atoms with E-state index in [2.05, 4.69) is 54.3 Å². The van der Waals surface area contributed by atoms with Crippen molar-refractivity contribution in [3.8, 4) is 0 Å². The third kappa shape index (κ3) is 3.07. The highest BCUT2D eigenvalue weighted by Gasteiger charge is 2.03. The summed E-state index contributed by atoms with van der Waals surface area (Å²) in [4.78, 5) is 7.98. The molecule has 2 aromatic rings. The molecule has 3 nitrogen and oxygen atoms in total. The maximum absolute atomic E-state index is 4.59. The number of nitrogens with one attached hydrogen (secondary N) is 2. The van der Waals surface area contributed by atoms with Gasteiger partial charge in [0.15, 0.2) is 0 Å². The van der Waals surface area contributed by atoms with Gasteiger partial charge in [-0.3, -0.25) is 0 Å². The molecule has 1 aromatic carbocycles. The molecular formula is C14H21N3. The summed E-state index contributed by atoms with van der Waals surface area (Å²) in [5.41, 5.74) is 3.58. The van der Waals surface area contributed by atoms with Gasteiger partial charge < -0.3 is 10.3 Å². The summed E-state index contributed by atoms with van der Waals surface area (Å²) in [5, 5.41) is 3.40. The highest BCUT2D eigenvalue weighted by Crippen LogP contribution is 2.14. The molecule has 0 radical (unpaired) electrons. The summed E-state index contributed by atoms with van der Waals surface area (Å²) in [6.07, 6.45) is 2.02. The lowest BCUT2D eigenvalue weighted by Crippen LogP contribution is -2.25. The fourth-order valence-corrected chi connectivity index (χ4v) is 1.93. The predicted molar refractivity (Wildman–Crippen MR) is 72.3 cm³/mol. The Bertz CT molecular complexity index is 485. The van der Waals surface area contributed by atoms with E-state index in [1.165, 1.54) is 5.56 Å². The Hall–Kier alpha value is -1.35. The van der Waals surface area contributed by atoms with Crippen LogP contribution in [0.5, 0.6) is 0 Å². The maximum Gasteiger partial charge on any atom is 0.108 e. The number of imidazole rings is 1. The molecule has 0 saturated heterocycles. The average molecular weight is 231 g/mol. The molecule has 0 fully saturated rings. The Morgan fingerprint density at radius 1 is 1.35 bits per heavy atom. The van der Waals surface area contributed by atoms with E-state index in [-0.39, 0.29) is 0 Å². The van der Waals surface area contributed by atoms with Crippen molar-refractivity contribution in [2.75, 3.05) is 6.54 Å². The van der Waals surface area contributed by atoms with Crippen LogP contribution in [0.2, 0.25) is 0 Å². The van der Waals surface area contributed by atoms with Gasteiger partial charge in [0.25, 0.3) is 0 Å². The zero-order valence-corrected chi connectivity index (χ0v) is 10.9. The second-order valence-corrected chi connectivity index (χ2v) is 4.75. The summed E-state index contributed by atoms with van der Waals surface area (Å²) >= 11 is 0. The number of fused-ring (bicyclic) bond motifs is 1. The van der Waals surface area contributed by atoms with E-state index in [9.17, 15) is 0 Å². The SMILES string of the molecule is CCc1ccc2nc(CCNC(C)C)[nH]c2c1. The highest BCUT2D eigenvalue weighted by molar-refractivity contribution is 5.75. The predicted octanol–water partition coefficient (Wildman–Crippen LogP) is 2.67. The Morgan fingerprint density at radius 3 is 2.88 bits per heavy atom. The van der Waals surface area contributed by atoms with Crippen LogP contribution in [-0.4, -0.2) is 22.6 Å². The van der Waals surface area contributed by atoms with E-state index in [4.69, 9.17) is 0 Å². The molecule has 0 unspecified atom stereocenters. The van der Waals surface area contributed by atoms with Crippen LogP contribution >= 0.6 is 0 Å². The molecule has 0 bridgehead atoms. The standard InChI is InChI=1S/C14H21N3/c1-4-11-5-6-12-13(9-11)17-14(16-12)7-8-15-10(2)3/h5-6,9-10,15H,4,7-8H2,1-3H3,(H,16,17). The normalized spacial score (nSPS) is 11.5. The van der Waals surface area contributed by atoms with Crippen molar-refractivity contribution in [3.63, 3.8) is 0 Å². The van der Waals surface area contributed by atoms with Crippen LogP contribution < -0.4 is 5.32 Å². The summed E-state index contributed by atoms with van der Waals surface area (Å²) in [6, 6.07) is 6.98. The molecule has 0 spiro atoms. The number of benzene rings is 1. The lowest BCUT2D eigenvalue weighted by molar-refractivity contribution is 0.585. The van der Waals surface area contributed by atoms with Crippen molar-refractivity contribution in [2.24, 2.45) is 0 Å². The average Bonchev–Trinajstić information content (AvgIpc) is 2.69. The van der Waals surface area contributed by atoms with Crippen LogP contribution in [-0.2, 0) is 12.8 Å². The molecule has 0 aliphatic carbocycles. The topological polar surface area (TPSA) is 40.7 Å². The fourth-order valence-electron chi connectivity index (χ4n) is 1.93. The zero-order chi connectivity index (χ0) is 12.3. The van der Waals surface area contributed by atoms with Gasteiger partial charge in [0.2, 0.25) is 0 Å². The molecule has 1 aromatic heterocycles. The van der Waals surface area contributed by atoms with Crippen LogP contribution in [0.3, 0.4) is 0 Å². The first-order valence-corrected chi connectivity index (χ1v) is 6.40. The maximum atomic E-state index is 4.59. The first-order valence-electron chi connectivity index (χ1n) is 6.40. The van der Waals surface area contributed by atoms with Gasteiger partial charge in [0.05, 0.1) is 11.0 Å². The van der Waals surface area contributed by atoms with Gasteiger partial charge in [-0.25, -0.2) is 4.98 Å². The van der Waals surface area contributed by atoms with Crippen molar-refractivity contribution in [1.29, 1.82) is 0 Å². The number of nitrogens with zero attached hydrogens (tertiary/aromatic N) is 1. The quantitative estimate of drug-likeness (QED) is 0.830. The third-order valence-corrected chi connectivity index (χ3v) is 2.92. The number of aryl methyl sites for hydroxylation is 1. The largest absolute Gasteiger partial charge is 0.342 e.